The smallest absolute Gasteiger partial charge is 0.269 e. The summed E-state index contributed by atoms with van der Waals surface area (Å²) < 4.78 is 27.7. The summed E-state index contributed by atoms with van der Waals surface area (Å²) in [5.74, 6) is 0. The molecule has 1 fully saturated rings. The van der Waals surface area contributed by atoms with Crippen LogP contribution in [0.3, 0.4) is 0 Å². The summed E-state index contributed by atoms with van der Waals surface area (Å²) in [5.41, 5.74) is 0.319. The molecule has 0 spiro atoms. The molecule has 2 rings (SSSR count). The second kappa shape index (κ2) is 7.37. The third-order valence-corrected chi connectivity index (χ3v) is 6.23. The van der Waals surface area contributed by atoms with Crippen molar-refractivity contribution >= 4 is 15.7 Å². The van der Waals surface area contributed by atoms with Crippen LogP contribution in [0.1, 0.15) is 31.7 Å². The predicted octanol–water partition coefficient (Wildman–Crippen LogP) is 2.06. The van der Waals surface area contributed by atoms with Gasteiger partial charge in [0.05, 0.1) is 9.82 Å². The Morgan fingerprint density at radius 3 is 2.52 bits per heavy atom. The maximum absolute atomic E-state index is 13.1. The van der Waals surface area contributed by atoms with Gasteiger partial charge in [0, 0.05) is 24.7 Å². The number of hydrogen-bond donors (Lipinski definition) is 1. The molecule has 0 bridgehead atoms. The Bertz CT molecular complexity index is 669. The van der Waals surface area contributed by atoms with Crippen molar-refractivity contribution in [2.75, 3.05) is 19.6 Å². The van der Waals surface area contributed by atoms with E-state index in [4.69, 9.17) is 0 Å². The minimum atomic E-state index is -3.65. The van der Waals surface area contributed by atoms with Crippen molar-refractivity contribution in [2.45, 2.75) is 44.0 Å². The largest absolute Gasteiger partial charge is 0.317 e. The van der Waals surface area contributed by atoms with E-state index >= 15 is 0 Å². The normalized spacial score (nSPS) is 16.7. The number of hydrogen-bond acceptors (Lipinski definition) is 5. The van der Waals surface area contributed by atoms with Crippen molar-refractivity contribution in [3.63, 3.8) is 0 Å². The fourth-order valence-corrected chi connectivity index (χ4v) is 4.96. The third-order valence-electron chi connectivity index (χ3n) is 4.12. The number of rotatable bonds is 6. The SMILES string of the molecule is CCCN(C1CCNCC1)S(=O)(=O)c1ccc([N+](=O)[O-])cc1C. The summed E-state index contributed by atoms with van der Waals surface area (Å²) in [7, 11) is -3.65. The molecule has 1 aliphatic rings. The molecule has 0 amide bonds. The van der Waals surface area contributed by atoms with Crippen LogP contribution in [0.2, 0.25) is 0 Å². The molecule has 8 heteroatoms. The first-order valence-electron chi connectivity index (χ1n) is 7.85. The number of benzene rings is 1. The lowest BCUT2D eigenvalue weighted by molar-refractivity contribution is -0.385. The maximum Gasteiger partial charge on any atom is 0.269 e. The van der Waals surface area contributed by atoms with Crippen molar-refractivity contribution < 1.29 is 13.3 Å². The van der Waals surface area contributed by atoms with E-state index in [2.05, 4.69) is 5.32 Å². The van der Waals surface area contributed by atoms with E-state index in [0.717, 1.165) is 32.4 Å². The van der Waals surface area contributed by atoms with E-state index < -0.39 is 14.9 Å². The van der Waals surface area contributed by atoms with Crippen LogP contribution >= 0.6 is 0 Å². The van der Waals surface area contributed by atoms with Crippen molar-refractivity contribution in [1.82, 2.24) is 9.62 Å². The van der Waals surface area contributed by atoms with Gasteiger partial charge in [0.25, 0.3) is 5.69 Å². The number of piperidine rings is 1. The van der Waals surface area contributed by atoms with Gasteiger partial charge in [-0.05, 0) is 50.9 Å². The minimum absolute atomic E-state index is 0.0178. The Morgan fingerprint density at radius 2 is 2.00 bits per heavy atom. The predicted molar refractivity (Wildman–Crippen MR) is 87.9 cm³/mol. The molecule has 1 saturated heterocycles. The summed E-state index contributed by atoms with van der Waals surface area (Å²) >= 11 is 0. The van der Waals surface area contributed by atoms with Crippen molar-refractivity contribution in [1.29, 1.82) is 0 Å². The van der Waals surface area contributed by atoms with Crippen LogP contribution in [0, 0.1) is 17.0 Å². The van der Waals surface area contributed by atoms with Crippen LogP contribution < -0.4 is 5.32 Å². The maximum atomic E-state index is 13.1. The summed E-state index contributed by atoms with van der Waals surface area (Å²) in [6.45, 7) is 5.63. The highest BCUT2D eigenvalue weighted by atomic mass is 32.2. The topological polar surface area (TPSA) is 92.6 Å². The van der Waals surface area contributed by atoms with E-state index in [9.17, 15) is 18.5 Å². The number of nitro groups is 1. The van der Waals surface area contributed by atoms with Gasteiger partial charge in [-0.25, -0.2) is 8.42 Å². The van der Waals surface area contributed by atoms with Gasteiger partial charge in [-0.1, -0.05) is 6.92 Å². The summed E-state index contributed by atoms with van der Waals surface area (Å²) in [5, 5.41) is 14.1. The summed E-state index contributed by atoms with van der Waals surface area (Å²) in [6, 6.07) is 3.91. The standard InChI is InChI=1S/C15H23N3O4S/c1-3-10-17(13-6-8-16-9-7-13)23(21,22)15-5-4-14(18(19)20)11-12(15)2/h4-5,11,13,16H,3,6-10H2,1-2H3. The van der Waals surface area contributed by atoms with Gasteiger partial charge < -0.3 is 5.32 Å². The molecule has 1 aromatic carbocycles. The zero-order valence-electron chi connectivity index (χ0n) is 13.5. The highest BCUT2D eigenvalue weighted by molar-refractivity contribution is 7.89. The van der Waals surface area contributed by atoms with Crippen LogP contribution in [0.5, 0.6) is 0 Å². The summed E-state index contributed by atoms with van der Waals surface area (Å²) in [4.78, 5) is 10.5. The highest BCUT2D eigenvalue weighted by Crippen LogP contribution is 2.27. The zero-order chi connectivity index (χ0) is 17.0. The molecule has 1 heterocycles. The molecular weight excluding hydrogens is 318 g/mol. The van der Waals surface area contributed by atoms with Crippen molar-refractivity contribution in [3.8, 4) is 0 Å². The van der Waals surface area contributed by atoms with E-state index in [-0.39, 0.29) is 16.6 Å². The number of nitrogens with zero attached hydrogens (tertiary/aromatic N) is 2. The molecular formula is C15H23N3O4S. The Hall–Kier alpha value is -1.51. The quantitative estimate of drug-likeness (QED) is 0.631. The third kappa shape index (κ3) is 3.88. The van der Waals surface area contributed by atoms with E-state index in [0.29, 0.717) is 12.1 Å². The molecule has 1 aromatic rings. The molecule has 1 aliphatic heterocycles. The lowest BCUT2D eigenvalue weighted by Crippen LogP contribution is -2.46. The molecule has 23 heavy (non-hydrogen) atoms. The van der Waals surface area contributed by atoms with Gasteiger partial charge in [0.1, 0.15) is 0 Å². The Balaban J connectivity index is 2.38. The fourth-order valence-electron chi connectivity index (χ4n) is 2.98. The number of aryl methyl sites for hydroxylation is 1. The second-order valence-corrected chi connectivity index (χ2v) is 7.66. The fraction of sp³-hybridized carbons (Fsp3) is 0.600. The summed E-state index contributed by atoms with van der Waals surface area (Å²) in [6.07, 6.45) is 2.30. The monoisotopic (exact) mass is 341 g/mol. The molecule has 0 saturated carbocycles. The van der Waals surface area contributed by atoms with Crippen molar-refractivity contribution in [3.05, 3.63) is 33.9 Å². The van der Waals surface area contributed by atoms with Crippen LogP contribution in [0.4, 0.5) is 5.69 Å². The first-order valence-corrected chi connectivity index (χ1v) is 9.29. The van der Waals surface area contributed by atoms with E-state index in [1.165, 1.54) is 18.2 Å². The van der Waals surface area contributed by atoms with Gasteiger partial charge in [0.2, 0.25) is 10.0 Å². The molecule has 0 aromatic heterocycles. The molecule has 0 radical (unpaired) electrons. The average Bonchev–Trinajstić information content (AvgIpc) is 2.52. The lowest BCUT2D eigenvalue weighted by Gasteiger charge is -2.33. The molecule has 128 valence electrons. The van der Waals surface area contributed by atoms with Crippen LogP contribution in [-0.4, -0.2) is 43.3 Å². The Morgan fingerprint density at radius 1 is 1.35 bits per heavy atom. The lowest BCUT2D eigenvalue weighted by atomic mass is 10.1. The Kier molecular flexibility index (Phi) is 5.72. The van der Waals surface area contributed by atoms with Gasteiger partial charge in [-0.3, -0.25) is 10.1 Å². The van der Waals surface area contributed by atoms with Crippen LogP contribution in [0.25, 0.3) is 0 Å². The zero-order valence-corrected chi connectivity index (χ0v) is 14.3. The van der Waals surface area contributed by atoms with Gasteiger partial charge >= 0.3 is 0 Å². The molecule has 0 atom stereocenters. The molecule has 7 nitrogen and oxygen atoms in total. The van der Waals surface area contributed by atoms with E-state index in [1.807, 2.05) is 6.92 Å². The minimum Gasteiger partial charge on any atom is -0.317 e. The molecule has 0 unspecified atom stereocenters. The number of nitrogens with one attached hydrogen (secondary N) is 1. The van der Waals surface area contributed by atoms with Crippen molar-refractivity contribution in [2.24, 2.45) is 0 Å². The first kappa shape index (κ1) is 17.8. The highest BCUT2D eigenvalue weighted by Gasteiger charge is 2.33. The van der Waals surface area contributed by atoms with Gasteiger partial charge in [-0.15, -0.1) is 0 Å². The van der Waals surface area contributed by atoms with Crippen LogP contribution in [0.15, 0.2) is 23.1 Å². The van der Waals surface area contributed by atoms with Gasteiger partial charge in [-0.2, -0.15) is 4.31 Å². The Labute approximate surface area is 136 Å². The number of non-ortho nitro benzene ring substituents is 1. The molecule has 1 N–H and O–H groups in total. The second-order valence-electron chi connectivity index (χ2n) is 5.80. The van der Waals surface area contributed by atoms with Crippen LogP contribution in [-0.2, 0) is 10.0 Å². The average molecular weight is 341 g/mol. The van der Waals surface area contributed by atoms with E-state index in [1.54, 1.807) is 11.2 Å². The van der Waals surface area contributed by atoms with Gasteiger partial charge in [0.15, 0.2) is 0 Å². The first-order chi connectivity index (χ1) is 10.9. The number of nitro benzene ring substituents is 1. The molecule has 0 aliphatic carbocycles. The number of sulfonamides is 1.